The van der Waals surface area contributed by atoms with E-state index in [0.717, 1.165) is 5.76 Å². The molecule has 1 aromatic heterocycles. The molecule has 0 fully saturated rings. The minimum absolute atomic E-state index is 0.243. The van der Waals surface area contributed by atoms with Gasteiger partial charge in [-0.15, -0.1) is 0 Å². The number of carbonyl (C=O) groups is 1. The second-order valence-electron chi connectivity index (χ2n) is 4.16. The van der Waals surface area contributed by atoms with E-state index >= 15 is 0 Å². The largest absolute Gasteiger partial charge is 0.465 e. The predicted molar refractivity (Wildman–Crippen MR) is 65.8 cm³/mol. The van der Waals surface area contributed by atoms with Gasteiger partial charge in [-0.1, -0.05) is 0 Å². The first-order valence-electron chi connectivity index (χ1n) is 5.66. The molecule has 0 saturated heterocycles. The van der Waals surface area contributed by atoms with Crippen LogP contribution < -0.4 is 5.32 Å². The number of amides is 1. The SMILES string of the molecule is Cc1ccc(CNC(=O)c2ccc(F)c(C)c2)o1. The summed E-state index contributed by atoms with van der Waals surface area (Å²) in [5, 5.41) is 2.72. The van der Waals surface area contributed by atoms with Crippen molar-refractivity contribution in [1.29, 1.82) is 0 Å². The highest BCUT2D eigenvalue weighted by Crippen LogP contribution is 2.10. The standard InChI is InChI=1S/C14H14FNO2/c1-9-7-11(4-6-13(9)15)14(17)16-8-12-5-3-10(2)18-12/h3-7H,8H2,1-2H3,(H,16,17). The van der Waals surface area contributed by atoms with E-state index in [-0.39, 0.29) is 11.7 Å². The van der Waals surface area contributed by atoms with E-state index < -0.39 is 0 Å². The van der Waals surface area contributed by atoms with E-state index in [0.29, 0.717) is 23.4 Å². The fourth-order valence-electron chi connectivity index (χ4n) is 1.64. The van der Waals surface area contributed by atoms with Crippen molar-refractivity contribution in [3.8, 4) is 0 Å². The zero-order valence-corrected chi connectivity index (χ0v) is 10.3. The van der Waals surface area contributed by atoms with Crippen LogP contribution in [-0.2, 0) is 6.54 Å². The average Bonchev–Trinajstić information content (AvgIpc) is 2.75. The Morgan fingerprint density at radius 3 is 2.67 bits per heavy atom. The molecule has 2 rings (SSSR count). The molecule has 3 nitrogen and oxygen atoms in total. The van der Waals surface area contributed by atoms with Crippen LogP contribution >= 0.6 is 0 Å². The van der Waals surface area contributed by atoms with Crippen LogP contribution in [0.25, 0.3) is 0 Å². The van der Waals surface area contributed by atoms with Gasteiger partial charge in [0.15, 0.2) is 0 Å². The number of hydrogen-bond donors (Lipinski definition) is 1. The van der Waals surface area contributed by atoms with Crippen LogP contribution in [0.15, 0.2) is 34.7 Å². The summed E-state index contributed by atoms with van der Waals surface area (Å²) in [7, 11) is 0. The fourth-order valence-corrected chi connectivity index (χ4v) is 1.64. The van der Waals surface area contributed by atoms with Crippen molar-refractivity contribution in [2.24, 2.45) is 0 Å². The van der Waals surface area contributed by atoms with Gasteiger partial charge < -0.3 is 9.73 Å². The van der Waals surface area contributed by atoms with Crippen LogP contribution in [0.5, 0.6) is 0 Å². The lowest BCUT2D eigenvalue weighted by Gasteiger charge is -2.04. The molecule has 18 heavy (non-hydrogen) atoms. The Morgan fingerprint density at radius 1 is 1.28 bits per heavy atom. The Labute approximate surface area is 105 Å². The highest BCUT2D eigenvalue weighted by Gasteiger charge is 2.08. The number of nitrogens with one attached hydrogen (secondary N) is 1. The van der Waals surface area contributed by atoms with Gasteiger partial charge in [-0.05, 0) is 49.7 Å². The third-order valence-corrected chi connectivity index (χ3v) is 2.64. The number of aryl methyl sites for hydroxylation is 2. The summed E-state index contributed by atoms with van der Waals surface area (Å²) in [5.41, 5.74) is 0.897. The summed E-state index contributed by atoms with van der Waals surface area (Å²) < 4.78 is 18.4. The van der Waals surface area contributed by atoms with Crippen LogP contribution in [0.3, 0.4) is 0 Å². The molecule has 0 unspecified atom stereocenters. The van der Waals surface area contributed by atoms with E-state index in [9.17, 15) is 9.18 Å². The first kappa shape index (κ1) is 12.4. The number of carbonyl (C=O) groups excluding carboxylic acids is 1. The zero-order chi connectivity index (χ0) is 13.1. The first-order valence-corrected chi connectivity index (χ1v) is 5.66. The van der Waals surface area contributed by atoms with Crippen LogP contribution in [0, 0.1) is 19.7 Å². The van der Waals surface area contributed by atoms with Crippen LogP contribution in [0.1, 0.15) is 27.4 Å². The van der Waals surface area contributed by atoms with Crippen molar-refractivity contribution in [2.75, 3.05) is 0 Å². The fraction of sp³-hybridized carbons (Fsp3) is 0.214. The van der Waals surface area contributed by atoms with Crippen LogP contribution in [-0.4, -0.2) is 5.91 Å². The molecule has 0 spiro atoms. The molecule has 0 aliphatic rings. The molecule has 4 heteroatoms. The van der Waals surface area contributed by atoms with Crippen molar-refractivity contribution in [3.05, 3.63) is 58.8 Å². The van der Waals surface area contributed by atoms with E-state index in [2.05, 4.69) is 5.32 Å². The molecule has 0 bridgehead atoms. The van der Waals surface area contributed by atoms with Crippen molar-refractivity contribution in [3.63, 3.8) is 0 Å². The summed E-state index contributed by atoms with van der Waals surface area (Å²) in [6, 6.07) is 7.93. The first-order chi connectivity index (χ1) is 8.56. The van der Waals surface area contributed by atoms with Crippen molar-refractivity contribution >= 4 is 5.91 Å². The number of benzene rings is 1. The summed E-state index contributed by atoms with van der Waals surface area (Å²) in [6.45, 7) is 3.79. The maximum absolute atomic E-state index is 13.1. The van der Waals surface area contributed by atoms with E-state index in [1.54, 1.807) is 6.92 Å². The highest BCUT2D eigenvalue weighted by molar-refractivity contribution is 5.94. The van der Waals surface area contributed by atoms with Crippen LogP contribution in [0.2, 0.25) is 0 Å². The minimum Gasteiger partial charge on any atom is -0.465 e. The van der Waals surface area contributed by atoms with Gasteiger partial charge in [-0.3, -0.25) is 4.79 Å². The molecule has 94 valence electrons. The third kappa shape index (κ3) is 2.77. The molecule has 1 amide bonds. The summed E-state index contributed by atoms with van der Waals surface area (Å²) in [5.74, 6) is 0.942. The number of hydrogen-bond acceptors (Lipinski definition) is 2. The Bertz CT molecular complexity index is 575. The van der Waals surface area contributed by atoms with Gasteiger partial charge in [0.1, 0.15) is 17.3 Å². The van der Waals surface area contributed by atoms with Crippen LogP contribution in [0.4, 0.5) is 4.39 Å². The number of furan rings is 1. The zero-order valence-electron chi connectivity index (χ0n) is 10.3. The van der Waals surface area contributed by atoms with Crippen molar-refractivity contribution in [2.45, 2.75) is 20.4 Å². The summed E-state index contributed by atoms with van der Waals surface area (Å²) in [6.07, 6.45) is 0. The molecule has 0 aliphatic carbocycles. The van der Waals surface area contributed by atoms with Crippen molar-refractivity contribution in [1.82, 2.24) is 5.32 Å². The lowest BCUT2D eigenvalue weighted by molar-refractivity contribution is 0.0947. The Balaban J connectivity index is 2.01. The molecule has 1 aromatic carbocycles. The Kier molecular flexibility index (Phi) is 3.46. The smallest absolute Gasteiger partial charge is 0.251 e. The quantitative estimate of drug-likeness (QED) is 0.906. The monoisotopic (exact) mass is 247 g/mol. The minimum atomic E-state index is -0.312. The Morgan fingerprint density at radius 2 is 2.06 bits per heavy atom. The van der Waals surface area contributed by atoms with Gasteiger partial charge in [0.25, 0.3) is 5.91 Å². The van der Waals surface area contributed by atoms with Gasteiger partial charge in [0, 0.05) is 5.56 Å². The molecular weight excluding hydrogens is 233 g/mol. The molecule has 1 heterocycles. The number of rotatable bonds is 3. The molecule has 0 saturated carbocycles. The maximum atomic E-state index is 13.1. The average molecular weight is 247 g/mol. The third-order valence-electron chi connectivity index (χ3n) is 2.64. The molecule has 0 aliphatic heterocycles. The van der Waals surface area contributed by atoms with Gasteiger partial charge >= 0.3 is 0 Å². The topological polar surface area (TPSA) is 42.2 Å². The lowest BCUT2D eigenvalue weighted by atomic mass is 10.1. The van der Waals surface area contributed by atoms with E-state index in [1.807, 2.05) is 19.1 Å². The van der Waals surface area contributed by atoms with Gasteiger partial charge in [0.05, 0.1) is 6.54 Å². The van der Waals surface area contributed by atoms with Gasteiger partial charge in [-0.25, -0.2) is 4.39 Å². The lowest BCUT2D eigenvalue weighted by Crippen LogP contribution is -2.22. The number of halogens is 1. The highest BCUT2D eigenvalue weighted by atomic mass is 19.1. The van der Waals surface area contributed by atoms with E-state index in [4.69, 9.17) is 4.42 Å². The van der Waals surface area contributed by atoms with Gasteiger partial charge in [0.2, 0.25) is 0 Å². The molecule has 2 aromatic rings. The van der Waals surface area contributed by atoms with Gasteiger partial charge in [-0.2, -0.15) is 0 Å². The molecule has 0 atom stereocenters. The normalized spacial score (nSPS) is 10.4. The second kappa shape index (κ2) is 5.04. The molecule has 1 N–H and O–H groups in total. The maximum Gasteiger partial charge on any atom is 0.251 e. The predicted octanol–water partition coefficient (Wildman–Crippen LogP) is 2.97. The Hall–Kier alpha value is -2.10. The molecule has 0 radical (unpaired) electrons. The van der Waals surface area contributed by atoms with Crippen molar-refractivity contribution < 1.29 is 13.6 Å². The van der Waals surface area contributed by atoms with E-state index in [1.165, 1.54) is 18.2 Å². The second-order valence-corrected chi connectivity index (χ2v) is 4.16. The summed E-state index contributed by atoms with van der Waals surface area (Å²) in [4.78, 5) is 11.8. The molecular formula is C14H14FNO2. The summed E-state index contributed by atoms with van der Waals surface area (Å²) >= 11 is 0.